The summed E-state index contributed by atoms with van der Waals surface area (Å²) in [4.78, 5) is 0. The third kappa shape index (κ3) is 4.09. The number of rotatable bonds is 4. The summed E-state index contributed by atoms with van der Waals surface area (Å²) in [6.45, 7) is 0. The molecule has 0 radical (unpaired) electrons. The van der Waals surface area contributed by atoms with Gasteiger partial charge in [-0.2, -0.15) is 0 Å². The fourth-order valence-electron chi connectivity index (χ4n) is 6.55. The molecule has 0 N–H and O–H groups in total. The Morgan fingerprint density at radius 3 is 1.67 bits per heavy atom. The monoisotopic (exact) mass is 581 g/mol. The Labute approximate surface area is 274 Å². The highest BCUT2D eigenvalue weighted by atomic mass is 16.3. The van der Waals surface area contributed by atoms with Crippen LogP contribution < -0.4 is 0 Å². The molecule has 1 nitrogen and oxygen atoms in total. The van der Waals surface area contributed by atoms with E-state index >= 15 is 0 Å². The average molecular weight is 582 g/mol. The molecule has 1 aromatic heterocycles. The van der Waals surface area contributed by atoms with E-state index in [0.717, 1.165) is 55.0 Å². The molecule has 0 fully saturated rings. The normalized spacial score (nSPS) is 14.4. The van der Waals surface area contributed by atoms with E-state index in [1.165, 1.54) is 0 Å². The Morgan fingerprint density at radius 2 is 0.956 bits per heavy atom. The molecule has 1 heterocycles. The van der Waals surface area contributed by atoms with E-state index in [2.05, 4.69) is 24.3 Å². The highest BCUT2D eigenvalue weighted by Gasteiger charge is 2.22. The molecule has 9 aromatic rings. The van der Waals surface area contributed by atoms with Crippen LogP contribution in [0.2, 0.25) is 0 Å². The Balaban J connectivity index is 1.44. The highest BCUT2D eigenvalue weighted by molar-refractivity contribution is 6.24. The van der Waals surface area contributed by atoms with Crippen molar-refractivity contribution in [2.75, 3.05) is 0 Å². The van der Waals surface area contributed by atoms with Gasteiger partial charge in [-0.1, -0.05) is 151 Å². The molecule has 0 saturated heterocycles. The van der Waals surface area contributed by atoms with Gasteiger partial charge in [-0.3, -0.25) is 0 Å². The van der Waals surface area contributed by atoms with Crippen molar-refractivity contribution in [2.45, 2.75) is 0 Å². The topological polar surface area (TPSA) is 13.1 Å². The molecule has 0 amide bonds. The second-order valence-electron chi connectivity index (χ2n) is 10.9. The highest BCUT2D eigenvalue weighted by Crippen LogP contribution is 2.49. The van der Waals surface area contributed by atoms with E-state index in [0.29, 0.717) is 16.3 Å². The van der Waals surface area contributed by atoms with E-state index in [9.17, 15) is 2.74 Å². The summed E-state index contributed by atoms with van der Waals surface area (Å²) in [5.41, 5.74) is 5.08. The SMILES string of the molecule is [2H]c1c([2H])c([2H])c(-c2c([2H])c([2H])c([2H])c(-c3c4ccccc4c(-c4ccc5c(oc6ccccc65)c4-c4ccccc4)c4ccccc34)c2[2H])c([2H])c1[2H]. The van der Waals surface area contributed by atoms with Crippen LogP contribution >= 0.6 is 0 Å². The van der Waals surface area contributed by atoms with Gasteiger partial charge in [-0.05, 0) is 78.7 Å². The molecule has 0 unspecified atom stereocenters. The van der Waals surface area contributed by atoms with Crippen molar-refractivity contribution in [1.82, 2.24) is 0 Å². The Kier molecular flexibility index (Phi) is 4.15. The molecule has 0 atom stereocenters. The first kappa shape index (κ1) is 18.0. The first-order valence-corrected chi connectivity index (χ1v) is 14.7. The van der Waals surface area contributed by atoms with Gasteiger partial charge in [0.25, 0.3) is 0 Å². The van der Waals surface area contributed by atoms with E-state index in [1.54, 1.807) is 0 Å². The van der Waals surface area contributed by atoms with Crippen LogP contribution in [-0.4, -0.2) is 0 Å². The van der Waals surface area contributed by atoms with Crippen LogP contribution in [0.1, 0.15) is 12.3 Å². The van der Waals surface area contributed by atoms with Crippen LogP contribution in [0.4, 0.5) is 0 Å². The fraction of sp³-hybridized carbons (Fsp3) is 0. The quantitative estimate of drug-likeness (QED) is 0.188. The zero-order chi connectivity index (χ0) is 37.6. The molecule has 0 aliphatic carbocycles. The third-order valence-electron chi connectivity index (χ3n) is 8.44. The third-order valence-corrected chi connectivity index (χ3v) is 8.44. The molecular weight excluding hydrogens is 544 g/mol. The zero-order valence-electron chi connectivity index (χ0n) is 32.9. The average Bonchev–Trinajstić information content (AvgIpc) is 3.58. The molecule has 8 aromatic carbocycles. The first-order chi connectivity index (χ1) is 26.1. The molecule has 0 aliphatic heterocycles. The summed E-state index contributed by atoms with van der Waals surface area (Å²) < 4.78 is 85.3. The van der Waals surface area contributed by atoms with Crippen molar-refractivity contribution in [1.29, 1.82) is 0 Å². The van der Waals surface area contributed by atoms with Gasteiger partial charge in [0.15, 0.2) is 0 Å². The summed E-state index contributed by atoms with van der Waals surface area (Å²) in [6.07, 6.45) is 0. The maximum atomic E-state index is 9.57. The number of para-hydroxylation sites is 1. The number of hydrogen-bond donors (Lipinski definition) is 0. The second-order valence-corrected chi connectivity index (χ2v) is 10.9. The van der Waals surface area contributed by atoms with Gasteiger partial charge >= 0.3 is 0 Å². The van der Waals surface area contributed by atoms with Crippen molar-refractivity contribution < 1.29 is 16.8 Å². The van der Waals surface area contributed by atoms with E-state index in [-0.39, 0.29) is 28.8 Å². The summed E-state index contributed by atoms with van der Waals surface area (Å²) >= 11 is 0. The Hall–Kier alpha value is -5.92. The summed E-state index contributed by atoms with van der Waals surface area (Å²) in [5, 5.41) is 4.97. The minimum atomic E-state index is -0.608. The van der Waals surface area contributed by atoms with Gasteiger partial charge in [0.05, 0.1) is 12.3 Å². The predicted molar refractivity (Wildman–Crippen MR) is 190 cm³/mol. The summed E-state index contributed by atoms with van der Waals surface area (Å²) in [7, 11) is 0. The fourth-order valence-corrected chi connectivity index (χ4v) is 6.55. The standard InChI is InChI=1S/C44H28O/c1-3-14-29(15-4-1)31-18-13-19-32(28-31)41-34-21-7-9-23-36(34)43(37-24-10-8-22-35(37)41)39-27-26-38-33-20-11-12-25-40(33)45-44(38)42(39)30-16-5-2-6-17-30/h1-28H/i1D,3D,4D,13D,14D,15D,18D,19D,28D. The molecule has 45 heavy (non-hydrogen) atoms. The van der Waals surface area contributed by atoms with Crippen LogP contribution in [-0.2, 0) is 0 Å². The van der Waals surface area contributed by atoms with Crippen molar-refractivity contribution in [3.05, 3.63) is 170 Å². The van der Waals surface area contributed by atoms with Gasteiger partial charge in [0.1, 0.15) is 11.2 Å². The van der Waals surface area contributed by atoms with Gasteiger partial charge in [0, 0.05) is 16.3 Å². The lowest BCUT2D eigenvalue weighted by Crippen LogP contribution is -1.93. The van der Waals surface area contributed by atoms with E-state index in [1.807, 2.05) is 91.0 Å². The molecule has 9 rings (SSSR count). The molecule has 0 spiro atoms. The summed E-state index contributed by atoms with van der Waals surface area (Å²) in [5.74, 6) is 0. The van der Waals surface area contributed by atoms with Crippen molar-refractivity contribution in [3.8, 4) is 44.5 Å². The van der Waals surface area contributed by atoms with Crippen LogP contribution in [0.3, 0.4) is 0 Å². The van der Waals surface area contributed by atoms with Crippen molar-refractivity contribution >= 4 is 43.5 Å². The van der Waals surface area contributed by atoms with Crippen LogP contribution in [0.25, 0.3) is 88.0 Å². The molecule has 0 aliphatic rings. The first-order valence-electron chi connectivity index (χ1n) is 19.2. The van der Waals surface area contributed by atoms with Crippen LogP contribution in [0.15, 0.2) is 174 Å². The van der Waals surface area contributed by atoms with Gasteiger partial charge in [-0.25, -0.2) is 0 Å². The lowest BCUT2D eigenvalue weighted by atomic mass is 9.83. The minimum absolute atomic E-state index is 0.0350. The van der Waals surface area contributed by atoms with E-state index in [4.69, 9.17) is 14.0 Å². The maximum Gasteiger partial charge on any atom is 0.143 e. The van der Waals surface area contributed by atoms with Crippen LogP contribution in [0.5, 0.6) is 0 Å². The molecule has 0 saturated carbocycles. The number of hydrogen-bond acceptors (Lipinski definition) is 1. The van der Waals surface area contributed by atoms with Gasteiger partial charge in [-0.15, -0.1) is 0 Å². The number of benzene rings is 8. The van der Waals surface area contributed by atoms with Crippen LogP contribution in [0, 0.1) is 0 Å². The zero-order valence-corrected chi connectivity index (χ0v) is 23.9. The number of fused-ring (bicyclic) bond motifs is 5. The van der Waals surface area contributed by atoms with E-state index < -0.39 is 42.3 Å². The summed E-state index contributed by atoms with van der Waals surface area (Å²) in [6, 6.07) is 32.8. The largest absolute Gasteiger partial charge is 0.455 e. The number of furan rings is 1. The molecule has 1 heteroatoms. The predicted octanol–water partition coefficient (Wildman–Crippen LogP) is 12.6. The second kappa shape index (κ2) is 10.4. The molecule has 0 bridgehead atoms. The van der Waals surface area contributed by atoms with Crippen molar-refractivity contribution in [3.63, 3.8) is 0 Å². The van der Waals surface area contributed by atoms with Gasteiger partial charge in [0.2, 0.25) is 0 Å². The minimum Gasteiger partial charge on any atom is -0.455 e. The Bertz CT molecular complexity index is 2960. The van der Waals surface area contributed by atoms with Crippen molar-refractivity contribution in [2.24, 2.45) is 0 Å². The smallest absolute Gasteiger partial charge is 0.143 e. The molecular formula is C44H28O. The van der Waals surface area contributed by atoms with Gasteiger partial charge < -0.3 is 4.42 Å². The Morgan fingerprint density at radius 1 is 0.378 bits per heavy atom. The lowest BCUT2D eigenvalue weighted by Gasteiger charge is -2.20. The molecule has 210 valence electrons. The lowest BCUT2D eigenvalue weighted by molar-refractivity contribution is 0.670. The maximum absolute atomic E-state index is 9.57.